The van der Waals surface area contributed by atoms with Crippen molar-refractivity contribution in [2.24, 2.45) is 0 Å². The van der Waals surface area contributed by atoms with E-state index in [1.807, 2.05) is 5.32 Å². The number of rotatable bonds is 6. The van der Waals surface area contributed by atoms with Gasteiger partial charge in [-0.1, -0.05) is 18.2 Å². The van der Waals surface area contributed by atoms with Gasteiger partial charge in [0.25, 0.3) is 5.91 Å². The zero-order valence-electron chi connectivity index (χ0n) is 13.7. The molecule has 6 nitrogen and oxygen atoms in total. The van der Waals surface area contributed by atoms with Crippen molar-refractivity contribution in [1.29, 1.82) is 0 Å². The lowest BCUT2D eigenvalue weighted by atomic mass is 10.1. The maximum absolute atomic E-state index is 13.4. The third kappa shape index (κ3) is 5.62. The van der Waals surface area contributed by atoms with Crippen LogP contribution in [0.25, 0.3) is 0 Å². The quantitative estimate of drug-likeness (QED) is 0.773. The Kier molecular flexibility index (Phi) is 6.04. The minimum atomic E-state index is -3.28. The minimum Gasteiger partial charge on any atom is -0.452 e. The van der Waals surface area contributed by atoms with Gasteiger partial charge in [-0.25, -0.2) is 22.0 Å². The molecule has 26 heavy (non-hydrogen) atoms. The fourth-order valence-corrected chi connectivity index (χ4v) is 2.88. The van der Waals surface area contributed by atoms with Gasteiger partial charge in [-0.2, -0.15) is 0 Å². The van der Waals surface area contributed by atoms with Gasteiger partial charge in [-0.3, -0.25) is 4.79 Å². The number of hydrogen-bond acceptors (Lipinski definition) is 5. The Morgan fingerprint density at radius 3 is 2.31 bits per heavy atom. The molecule has 0 spiro atoms. The van der Waals surface area contributed by atoms with Crippen LogP contribution in [-0.2, 0) is 25.1 Å². The molecule has 2 rings (SSSR count). The van der Waals surface area contributed by atoms with E-state index in [0.29, 0.717) is 5.56 Å². The molecule has 138 valence electrons. The topological polar surface area (TPSA) is 89.5 Å². The molecule has 0 saturated heterocycles. The number of benzene rings is 2. The monoisotopic (exact) mass is 383 g/mol. The third-order valence-electron chi connectivity index (χ3n) is 3.15. The van der Waals surface area contributed by atoms with Crippen molar-refractivity contribution in [3.8, 4) is 0 Å². The van der Waals surface area contributed by atoms with Crippen molar-refractivity contribution in [1.82, 2.24) is 0 Å². The fraction of sp³-hybridized carbons (Fsp3) is 0.176. The van der Waals surface area contributed by atoms with Gasteiger partial charge < -0.3 is 10.1 Å². The Morgan fingerprint density at radius 2 is 1.69 bits per heavy atom. The molecule has 0 bridgehead atoms. The van der Waals surface area contributed by atoms with E-state index in [9.17, 15) is 26.8 Å². The zero-order chi connectivity index (χ0) is 19.3. The molecule has 2 aromatic carbocycles. The summed E-state index contributed by atoms with van der Waals surface area (Å²) in [5.74, 6) is -3.96. The number of carbonyl (C=O) groups excluding carboxylic acids is 2. The summed E-state index contributed by atoms with van der Waals surface area (Å²) >= 11 is 0. The van der Waals surface area contributed by atoms with Crippen molar-refractivity contribution in [3.63, 3.8) is 0 Å². The average Bonchev–Trinajstić information content (AvgIpc) is 2.55. The number of ether oxygens (including phenoxy) is 1. The van der Waals surface area contributed by atoms with E-state index >= 15 is 0 Å². The zero-order valence-corrected chi connectivity index (χ0v) is 14.5. The van der Waals surface area contributed by atoms with E-state index in [0.717, 1.165) is 24.5 Å². The Bertz CT molecular complexity index is 924. The predicted octanol–water partition coefficient (Wildman–Crippen LogP) is 2.30. The van der Waals surface area contributed by atoms with E-state index in [4.69, 9.17) is 4.74 Å². The van der Waals surface area contributed by atoms with Crippen molar-refractivity contribution in [2.75, 3.05) is 18.2 Å². The van der Waals surface area contributed by atoms with Gasteiger partial charge in [-0.15, -0.1) is 0 Å². The van der Waals surface area contributed by atoms with Crippen molar-refractivity contribution >= 4 is 27.4 Å². The second-order valence-corrected chi connectivity index (χ2v) is 7.63. The minimum absolute atomic E-state index is 0.0519. The van der Waals surface area contributed by atoms with Gasteiger partial charge in [0.15, 0.2) is 16.4 Å². The van der Waals surface area contributed by atoms with Gasteiger partial charge >= 0.3 is 5.97 Å². The standard InChI is InChI=1S/C17H15F2NO5S/c1-26(23,24)10-11-4-2-5-12(8-11)17(22)25-9-15(21)20-16-13(18)6-3-7-14(16)19/h2-8H,9-10H2,1H3,(H,20,21). The van der Waals surface area contributed by atoms with Crippen LogP contribution in [0.5, 0.6) is 0 Å². The highest BCUT2D eigenvalue weighted by molar-refractivity contribution is 7.89. The number of amides is 1. The molecule has 2 aromatic rings. The van der Waals surface area contributed by atoms with Crippen molar-refractivity contribution in [2.45, 2.75) is 5.75 Å². The largest absolute Gasteiger partial charge is 0.452 e. The Hall–Kier alpha value is -2.81. The number of hydrogen-bond donors (Lipinski definition) is 1. The highest BCUT2D eigenvalue weighted by Crippen LogP contribution is 2.17. The van der Waals surface area contributed by atoms with Crippen LogP contribution in [0.15, 0.2) is 42.5 Å². The fourth-order valence-electron chi connectivity index (χ4n) is 2.10. The molecule has 0 atom stereocenters. The molecule has 1 N–H and O–H groups in total. The normalized spacial score (nSPS) is 11.0. The average molecular weight is 383 g/mol. The summed E-state index contributed by atoms with van der Waals surface area (Å²) in [4.78, 5) is 23.7. The summed E-state index contributed by atoms with van der Waals surface area (Å²) in [6, 6.07) is 8.82. The van der Waals surface area contributed by atoms with Crippen LogP contribution in [-0.4, -0.2) is 33.2 Å². The van der Waals surface area contributed by atoms with E-state index in [2.05, 4.69) is 0 Å². The lowest BCUT2D eigenvalue weighted by molar-refractivity contribution is -0.119. The highest BCUT2D eigenvalue weighted by Gasteiger charge is 2.15. The van der Waals surface area contributed by atoms with Crippen LogP contribution in [0, 0.1) is 11.6 Å². The van der Waals surface area contributed by atoms with Crippen molar-refractivity contribution < 1.29 is 31.5 Å². The number of nitrogens with one attached hydrogen (secondary N) is 1. The van der Waals surface area contributed by atoms with E-state index < -0.39 is 45.6 Å². The summed E-state index contributed by atoms with van der Waals surface area (Å²) in [5.41, 5.74) is -0.195. The summed E-state index contributed by atoms with van der Waals surface area (Å²) in [6.45, 7) is -0.761. The predicted molar refractivity (Wildman–Crippen MR) is 90.3 cm³/mol. The van der Waals surface area contributed by atoms with Crippen LogP contribution >= 0.6 is 0 Å². The first-order valence-electron chi connectivity index (χ1n) is 7.33. The van der Waals surface area contributed by atoms with Gasteiger partial charge in [0.05, 0.1) is 11.3 Å². The van der Waals surface area contributed by atoms with Gasteiger partial charge in [0.2, 0.25) is 0 Å². The van der Waals surface area contributed by atoms with Gasteiger partial charge in [0.1, 0.15) is 17.3 Å². The van der Waals surface area contributed by atoms with Gasteiger partial charge in [-0.05, 0) is 29.8 Å². The van der Waals surface area contributed by atoms with E-state index in [1.54, 1.807) is 0 Å². The van der Waals surface area contributed by atoms with E-state index in [1.165, 1.54) is 24.3 Å². The van der Waals surface area contributed by atoms with Crippen LogP contribution in [0.4, 0.5) is 14.5 Å². The first kappa shape index (κ1) is 19.5. The maximum atomic E-state index is 13.4. The molecule has 0 saturated carbocycles. The summed E-state index contributed by atoms with van der Waals surface area (Å²) in [7, 11) is -3.28. The third-order valence-corrected chi connectivity index (χ3v) is 4.01. The number of para-hydroxylation sites is 1. The lowest BCUT2D eigenvalue weighted by Crippen LogP contribution is -2.22. The lowest BCUT2D eigenvalue weighted by Gasteiger charge is -2.09. The molecular formula is C17H15F2NO5S. The number of sulfone groups is 1. The second kappa shape index (κ2) is 8.05. The number of anilines is 1. The molecule has 0 heterocycles. The van der Waals surface area contributed by atoms with Crippen LogP contribution in [0.1, 0.15) is 15.9 Å². The van der Waals surface area contributed by atoms with Crippen LogP contribution < -0.4 is 5.32 Å². The maximum Gasteiger partial charge on any atom is 0.338 e. The molecule has 9 heteroatoms. The summed E-state index contributed by atoms with van der Waals surface area (Å²) in [5, 5.41) is 1.98. The SMILES string of the molecule is CS(=O)(=O)Cc1cccc(C(=O)OCC(=O)Nc2c(F)cccc2F)c1. The number of halogens is 2. The Labute approximate surface area is 148 Å². The number of carbonyl (C=O) groups is 2. The molecule has 0 aromatic heterocycles. The molecule has 0 aliphatic heterocycles. The first-order chi connectivity index (χ1) is 12.2. The van der Waals surface area contributed by atoms with Crippen molar-refractivity contribution in [3.05, 3.63) is 65.2 Å². The number of esters is 1. The van der Waals surface area contributed by atoms with Crippen LogP contribution in [0.2, 0.25) is 0 Å². The van der Waals surface area contributed by atoms with Gasteiger partial charge in [0, 0.05) is 6.26 Å². The molecule has 0 aliphatic carbocycles. The van der Waals surface area contributed by atoms with E-state index in [-0.39, 0.29) is 11.3 Å². The summed E-state index contributed by atoms with van der Waals surface area (Å²) < 4.78 is 54.3. The molecule has 0 aliphatic rings. The molecule has 0 fully saturated rings. The molecule has 0 unspecified atom stereocenters. The highest BCUT2D eigenvalue weighted by atomic mass is 32.2. The molecular weight excluding hydrogens is 368 g/mol. The molecule has 0 radical (unpaired) electrons. The first-order valence-corrected chi connectivity index (χ1v) is 9.39. The smallest absolute Gasteiger partial charge is 0.338 e. The Balaban J connectivity index is 1.98. The van der Waals surface area contributed by atoms with Crippen LogP contribution in [0.3, 0.4) is 0 Å². The molecule has 1 amide bonds. The second-order valence-electron chi connectivity index (χ2n) is 5.49. The summed E-state index contributed by atoms with van der Waals surface area (Å²) in [6.07, 6.45) is 1.06. The Morgan fingerprint density at radius 1 is 1.08 bits per heavy atom.